The van der Waals surface area contributed by atoms with Gasteiger partial charge in [-0.3, -0.25) is 14.7 Å². The lowest BCUT2D eigenvalue weighted by atomic mass is 9.97. The van der Waals surface area contributed by atoms with E-state index in [0.29, 0.717) is 0 Å². The van der Waals surface area contributed by atoms with E-state index in [9.17, 15) is 4.79 Å². The van der Waals surface area contributed by atoms with Gasteiger partial charge in [-0.05, 0) is 62.6 Å². The Labute approximate surface area is 204 Å². The van der Waals surface area contributed by atoms with E-state index in [-0.39, 0.29) is 35.8 Å². The average molecular weight is 540 g/mol. The molecule has 6 nitrogen and oxygen atoms in total. The molecule has 172 valence electrons. The van der Waals surface area contributed by atoms with Gasteiger partial charge in [-0.15, -0.1) is 24.0 Å². The van der Waals surface area contributed by atoms with Gasteiger partial charge in [0.1, 0.15) is 0 Å². The molecular weight excluding hydrogens is 501 g/mol. The van der Waals surface area contributed by atoms with Crippen molar-refractivity contribution >= 4 is 35.8 Å². The van der Waals surface area contributed by atoms with E-state index in [1.807, 2.05) is 7.05 Å². The highest BCUT2D eigenvalue weighted by atomic mass is 127. The fourth-order valence-electron chi connectivity index (χ4n) is 4.41. The summed E-state index contributed by atoms with van der Waals surface area (Å²) >= 11 is 0. The molecule has 1 aromatic carbocycles. The number of aliphatic imine (C=N–C) groups is 1. The van der Waals surface area contributed by atoms with Crippen LogP contribution in [0.25, 0.3) is 0 Å². The van der Waals surface area contributed by atoms with Gasteiger partial charge in [0.2, 0.25) is 5.91 Å². The van der Waals surface area contributed by atoms with Gasteiger partial charge in [0.25, 0.3) is 0 Å². The Morgan fingerprint density at radius 2 is 2.06 bits per heavy atom. The summed E-state index contributed by atoms with van der Waals surface area (Å²) in [5, 5.41) is 6.85. The standard InChI is InChI=1S/C24H37N5O.HI/c1-26-24(27-13-12-19-7-3-2-4-8-19)28-16-20-9-5-10-21(15-20)17-29-14-6-11-22(18-29)23(25)30;/h5,7,9-10,15,22H,2-4,6,8,11-14,16-18H2,1H3,(H2,25,30)(H2,26,27,28);1H. The predicted octanol–water partition coefficient (Wildman–Crippen LogP) is 3.56. The summed E-state index contributed by atoms with van der Waals surface area (Å²) in [5.74, 6) is 0.663. The van der Waals surface area contributed by atoms with Crippen LogP contribution in [-0.2, 0) is 17.9 Å². The number of halogens is 1. The minimum absolute atomic E-state index is 0. The van der Waals surface area contributed by atoms with Crippen molar-refractivity contribution in [2.75, 3.05) is 26.7 Å². The molecule has 1 aliphatic carbocycles. The number of nitrogens with zero attached hydrogens (tertiary/aromatic N) is 2. The molecule has 2 aliphatic rings. The largest absolute Gasteiger partial charge is 0.369 e. The monoisotopic (exact) mass is 539 g/mol. The molecule has 0 saturated carbocycles. The number of likely N-dealkylation sites (tertiary alicyclic amines) is 1. The lowest BCUT2D eigenvalue weighted by Crippen LogP contribution is -2.40. The number of benzene rings is 1. The number of nitrogens with two attached hydrogens (primary N) is 1. The maximum Gasteiger partial charge on any atom is 0.221 e. The highest BCUT2D eigenvalue weighted by molar-refractivity contribution is 14.0. The molecule has 0 aromatic heterocycles. The third-order valence-corrected chi connectivity index (χ3v) is 6.11. The van der Waals surface area contributed by atoms with Crippen LogP contribution in [0.2, 0.25) is 0 Å². The average Bonchev–Trinajstić information content (AvgIpc) is 2.77. The van der Waals surface area contributed by atoms with Crippen LogP contribution in [0, 0.1) is 5.92 Å². The van der Waals surface area contributed by atoms with Crippen molar-refractivity contribution in [3.8, 4) is 0 Å². The number of carbonyl (C=O) groups is 1. The number of primary amides is 1. The maximum atomic E-state index is 11.5. The molecule has 0 bridgehead atoms. The molecule has 1 aromatic rings. The van der Waals surface area contributed by atoms with Crippen LogP contribution in [0.1, 0.15) is 56.1 Å². The van der Waals surface area contributed by atoms with Crippen molar-refractivity contribution < 1.29 is 4.79 Å². The summed E-state index contributed by atoms with van der Waals surface area (Å²) < 4.78 is 0. The van der Waals surface area contributed by atoms with E-state index in [4.69, 9.17) is 5.73 Å². The fraction of sp³-hybridized carbons (Fsp3) is 0.583. The summed E-state index contributed by atoms with van der Waals surface area (Å²) in [6, 6.07) is 8.63. The Balaban J connectivity index is 0.00000341. The van der Waals surface area contributed by atoms with Crippen molar-refractivity contribution in [1.82, 2.24) is 15.5 Å². The van der Waals surface area contributed by atoms with Crippen LogP contribution in [0.3, 0.4) is 0 Å². The maximum absolute atomic E-state index is 11.5. The van der Waals surface area contributed by atoms with E-state index >= 15 is 0 Å². The van der Waals surface area contributed by atoms with E-state index in [1.54, 1.807) is 5.57 Å². The number of carbonyl (C=O) groups excluding carboxylic acids is 1. The molecule has 1 aliphatic heterocycles. The van der Waals surface area contributed by atoms with Crippen molar-refractivity contribution in [2.24, 2.45) is 16.6 Å². The quantitative estimate of drug-likeness (QED) is 0.204. The topological polar surface area (TPSA) is 82.8 Å². The molecule has 1 heterocycles. The first-order valence-electron chi connectivity index (χ1n) is 11.4. The minimum Gasteiger partial charge on any atom is -0.369 e. The first kappa shape index (κ1) is 25.6. The third kappa shape index (κ3) is 8.80. The molecule has 31 heavy (non-hydrogen) atoms. The van der Waals surface area contributed by atoms with Crippen LogP contribution < -0.4 is 16.4 Å². The van der Waals surface area contributed by atoms with E-state index in [2.05, 4.69) is 50.9 Å². The molecule has 1 unspecified atom stereocenters. The Morgan fingerprint density at radius 3 is 2.81 bits per heavy atom. The van der Waals surface area contributed by atoms with Crippen molar-refractivity contribution in [3.05, 3.63) is 47.0 Å². The van der Waals surface area contributed by atoms with Gasteiger partial charge < -0.3 is 16.4 Å². The first-order valence-corrected chi connectivity index (χ1v) is 11.4. The smallest absolute Gasteiger partial charge is 0.221 e. The Bertz CT molecular complexity index is 764. The van der Waals surface area contributed by atoms with Crippen molar-refractivity contribution in [2.45, 2.75) is 58.0 Å². The first-order chi connectivity index (χ1) is 14.6. The highest BCUT2D eigenvalue weighted by Crippen LogP contribution is 2.20. The van der Waals surface area contributed by atoms with Crippen LogP contribution in [0.4, 0.5) is 0 Å². The zero-order valence-corrected chi connectivity index (χ0v) is 21.1. The number of rotatable bonds is 8. The van der Waals surface area contributed by atoms with Crippen molar-refractivity contribution in [3.63, 3.8) is 0 Å². The number of amides is 1. The molecule has 0 spiro atoms. The SMILES string of the molecule is CN=C(NCCC1=CCCCC1)NCc1cccc(CN2CCCC(C(N)=O)C2)c1.I. The normalized spacial score (nSPS) is 19.8. The van der Waals surface area contributed by atoms with Gasteiger partial charge >= 0.3 is 0 Å². The zero-order chi connectivity index (χ0) is 21.2. The Kier molecular flexibility index (Phi) is 11.4. The van der Waals surface area contributed by atoms with E-state index in [1.165, 1.54) is 36.8 Å². The molecule has 1 atom stereocenters. The molecular formula is C24H38IN5O. The van der Waals surface area contributed by atoms with Crippen LogP contribution in [0.5, 0.6) is 0 Å². The molecule has 1 saturated heterocycles. The molecule has 1 amide bonds. The summed E-state index contributed by atoms with van der Waals surface area (Å²) in [6.07, 6.45) is 10.6. The van der Waals surface area contributed by atoms with Gasteiger partial charge in [-0.1, -0.05) is 35.9 Å². The van der Waals surface area contributed by atoms with Gasteiger partial charge in [0, 0.05) is 33.2 Å². The summed E-state index contributed by atoms with van der Waals surface area (Å²) in [5.41, 5.74) is 9.59. The highest BCUT2D eigenvalue weighted by Gasteiger charge is 2.23. The lowest BCUT2D eigenvalue weighted by molar-refractivity contribution is -0.123. The number of guanidine groups is 1. The third-order valence-electron chi connectivity index (χ3n) is 6.11. The fourth-order valence-corrected chi connectivity index (χ4v) is 4.41. The molecule has 1 fully saturated rings. The second-order valence-corrected chi connectivity index (χ2v) is 8.51. The number of nitrogens with one attached hydrogen (secondary N) is 2. The summed E-state index contributed by atoms with van der Waals surface area (Å²) in [7, 11) is 1.82. The number of hydrogen-bond donors (Lipinski definition) is 3. The van der Waals surface area contributed by atoms with Crippen LogP contribution in [0.15, 0.2) is 40.9 Å². The van der Waals surface area contributed by atoms with Gasteiger partial charge in [-0.2, -0.15) is 0 Å². The Morgan fingerprint density at radius 1 is 1.23 bits per heavy atom. The minimum atomic E-state index is -0.170. The van der Waals surface area contributed by atoms with Gasteiger partial charge in [0.05, 0.1) is 5.92 Å². The summed E-state index contributed by atoms with van der Waals surface area (Å²) in [6.45, 7) is 4.31. The van der Waals surface area contributed by atoms with Gasteiger partial charge in [-0.25, -0.2) is 0 Å². The second-order valence-electron chi connectivity index (χ2n) is 8.51. The lowest BCUT2D eigenvalue weighted by Gasteiger charge is -2.31. The molecule has 0 radical (unpaired) electrons. The predicted molar refractivity (Wildman–Crippen MR) is 138 cm³/mol. The van der Waals surface area contributed by atoms with Crippen LogP contribution >= 0.6 is 24.0 Å². The number of allylic oxidation sites excluding steroid dienone is 1. The number of piperidine rings is 1. The van der Waals surface area contributed by atoms with Gasteiger partial charge in [0.15, 0.2) is 5.96 Å². The van der Waals surface area contributed by atoms with Crippen LogP contribution in [-0.4, -0.2) is 43.4 Å². The van der Waals surface area contributed by atoms with E-state index < -0.39 is 0 Å². The van der Waals surface area contributed by atoms with E-state index in [0.717, 1.165) is 57.9 Å². The molecule has 7 heteroatoms. The van der Waals surface area contributed by atoms with Crippen molar-refractivity contribution in [1.29, 1.82) is 0 Å². The Hall–Kier alpha value is -1.61. The molecule has 3 rings (SSSR count). The summed E-state index contributed by atoms with van der Waals surface area (Å²) in [4.78, 5) is 18.2. The molecule has 4 N–H and O–H groups in total. The second kappa shape index (κ2) is 13.7. The number of hydrogen-bond acceptors (Lipinski definition) is 3. The zero-order valence-electron chi connectivity index (χ0n) is 18.7.